The largest absolute Gasteiger partial charge is 0.352 e. The molecule has 1 aliphatic heterocycles. The number of nitrogens with one attached hydrogen (secondary N) is 2. The van der Waals surface area contributed by atoms with Crippen molar-refractivity contribution < 1.29 is 4.79 Å². The van der Waals surface area contributed by atoms with Crippen LogP contribution in [0.15, 0.2) is 18.2 Å². The molecule has 0 spiro atoms. The number of hydrogen-bond acceptors (Lipinski definition) is 2. The fourth-order valence-electron chi connectivity index (χ4n) is 3.64. The van der Waals surface area contributed by atoms with Gasteiger partial charge in [-0.2, -0.15) is 0 Å². The van der Waals surface area contributed by atoms with Gasteiger partial charge < -0.3 is 10.6 Å². The number of benzene rings is 1. The lowest BCUT2D eigenvalue weighted by Gasteiger charge is -2.28. The molecule has 0 bridgehead atoms. The van der Waals surface area contributed by atoms with Crippen LogP contribution >= 0.6 is 0 Å². The predicted octanol–water partition coefficient (Wildman–Crippen LogP) is 2.89. The number of fused-ring (bicyclic) bond motifs is 1. The molecule has 114 valence electrons. The van der Waals surface area contributed by atoms with Gasteiger partial charge in [0, 0.05) is 18.7 Å². The van der Waals surface area contributed by atoms with E-state index in [1.165, 1.54) is 36.8 Å². The highest BCUT2D eigenvalue weighted by Gasteiger charge is 2.22. The van der Waals surface area contributed by atoms with Gasteiger partial charge in [0.25, 0.3) is 5.91 Å². The van der Waals surface area contributed by atoms with Crippen LogP contribution in [0.2, 0.25) is 0 Å². The van der Waals surface area contributed by atoms with Gasteiger partial charge in [0.2, 0.25) is 0 Å². The number of carbonyl (C=O) groups excluding carboxylic acids is 1. The van der Waals surface area contributed by atoms with Crippen molar-refractivity contribution in [1.29, 1.82) is 0 Å². The van der Waals surface area contributed by atoms with E-state index in [2.05, 4.69) is 29.7 Å². The zero-order chi connectivity index (χ0) is 14.7. The van der Waals surface area contributed by atoms with E-state index in [1.54, 1.807) is 0 Å². The van der Waals surface area contributed by atoms with Crippen LogP contribution in [0, 0.1) is 11.8 Å². The summed E-state index contributed by atoms with van der Waals surface area (Å²) < 4.78 is 0. The minimum Gasteiger partial charge on any atom is -0.352 e. The van der Waals surface area contributed by atoms with E-state index >= 15 is 0 Å². The van der Waals surface area contributed by atoms with Crippen LogP contribution in [0.3, 0.4) is 0 Å². The van der Waals surface area contributed by atoms with Crippen LogP contribution in [0.1, 0.15) is 54.1 Å². The topological polar surface area (TPSA) is 41.1 Å². The number of amides is 1. The van der Waals surface area contributed by atoms with Crippen LogP contribution < -0.4 is 10.6 Å². The molecule has 1 heterocycles. The molecule has 1 fully saturated rings. The van der Waals surface area contributed by atoms with E-state index in [9.17, 15) is 4.79 Å². The Morgan fingerprint density at radius 3 is 3.00 bits per heavy atom. The number of hydrogen-bond donors (Lipinski definition) is 2. The second-order valence-electron chi connectivity index (χ2n) is 6.64. The lowest BCUT2D eigenvalue weighted by atomic mass is 9.80. The molecule has 1 saturated carbocycles. The van der Waals surface area contributed by atoms with E-state index in [0.717, 1.165) is 37.5 Å². The second-order valence-corrected chi connectivity index (χ2v) is 6.64. The molecule has 2 N–H and O–H groups in total. The zero-order valence-corrected chi connectivity index (χ0v) is 13.0. The molecule has 2 unspecified atom stereocenters. The van der Waals surface area contributed by atoms with Gasteiger partial charge in [0.15, 0.2) is 0 Å². The van der Waals surface area contributed by atoms with Gasteiger partial charge >= 0.3 is 0 Å². The van der Waals surface area contributed by atoms with Gasteiger partial charge in [-0.25, -0.2) is 0 Å². The third-order valence-corrected chi connectivity index (χ3v) is 5.17. The van der Waals surface area contributed by atoms with Crippen molar-refractivity contribution >= 4 is 5.91 Å². The molecule has 1 aromatic rings. The standard InChI is InChI=1S/C18H26N2O/c1-13-4-2-3-5-16(13)12-20-18(21)15-7-6-14-8-9-19-11-17(14)10-15/h6-7,10,13,16,19H,2-5,8-9,11-12H2,1H3,(H,20,21). The Morgan fingerprint density at radius 1 is 1.29 bits per heavy atom. The summed E-state index contributed by atoms with van der Waals surface area (Å²) in [5.41, 5.74) is 3.46. The first kappa shape index (κ1) is 14.6. The minimum absolute atomic E-state index is 0.0844. The van der Waals surface area contributed by atoms with Crippen LogP contribution in [0.4, 0.5) is 0 Å². The molecule has 0 radical (unpaired) electrons. The molecule has 3 rings (SSSR count). The summed E-state index contributed by atoms with van der Waals surface area (Å²) >= 11 is 0. The molecule has 1 aliphatic carbocycles. The molecular weight excluding hydrogens is 260 g/mol. The minimum atomic E-state index is 0.0844. The summed E-state index contributed by atoms with van der Waals surface area (Å²) in [4.78, 5) is 12.3. The van der Waals surface area contributed by atoms with Gasteiger partial charge in [-0.15, -0.1) is 0 Å². The fourth-order valence-corrected chi connectivity index (χ4v) is 3.64. The van der Waals surface area contributed by atoms with Gasteiger partial charge in [0.05, 0.1) is 0 Å². The summed E-state index contributed by atoms with van der Waals surface area (Å²) in [5, 5.41) is 6.51. The molecule has 0 saturated heterocycles. The highest BCUT2D eigenvalue weighted by molar-refractivity contribution is 5.94. The second kappa shape index (κ2) is 6.61. The van der Waals surface area contributed by atoms with Gasteiger partial charge in [-0.05, 0) is 54.5 Å². The number of rotatable bonds is 3. The van der Waals surface area contributed by atoms with Crippen molar-refractivity contribution in [2.45, 2.75) is 45.6 Å². The van der Waals surface area contributed by atoms with Gasteiger partial charge in [0.1, 0.15) is 0 Å². The van der Waals surface area contributed by atoms with Gasteiger partial charge in [-0.1, -0.05) is 32.3 Å². The summed E-state index contributed by atoms with van der Waals surface area (Å²) in [6, 6.07) is 6.15. The quantitative estimate of drug-likeness (QED) is 0.897. The smallest absolute Gasteiger partial charge is 0.251 e. The molecule has 3 heteroatoms. The SMILES string of the molecule is CC1CCCCC1CNC(=O)c1ccc2c(c1)CNCC2. The number of carbonyl (C=O) groups is 1. The van der Waals surface area contributed by atoms with E-state index in [4.69, 9.17) is 0 Å². The van der Waals surface area contributed by atoms with E-state index in [0.29, 0.717) is 5.92 Å². The third kappa shape index (κ3) is 3.46. The first-order valence-corrected chi connectivity index (χ1v) is 8.35. The first-order chi connectivity index (χ1) is 10.2. The van der Waals surface area contributed by atoms with Crippen molar-refractivity contribution in [3.8, 4) is 0 Å². The maximum atomic E-state index is 12.3. The molecule has 1 aromatic carbocycles. The Balaban J connectivity index is 1.60. The summed E-state index contributed by atoms with van der Waals surface area (Å²) in [5.74, 6) is 1.48. The van der Waals surface area contributed by atoms with Crippen molar-refractivity contribution in [1.82, 2.24) is 10.6 Å². The highest BCUT2D eigenvalue weighted by Crippen LogP contribution is 2.28. The third-order valence-electron chi connectivity index (χ3n) is 5.17. The van der Waals surface area contributed by atoms with Crippen molar-refractivity contribution in [3.05, 3.63) is 34.9 Å². The van der Waals surface area contributed by atoms with Gasteiger partial charge in [-0.3, -0.25) is 4.79 Å². The molecule has 21 heavy (non-hydrogen) atoms. The van der Waals surface area contributed by atoms with E-state index in [-0.39, 0.29) is 5.91 Å². The average Bonchev–Trinajstić information content (AvgIpc) is 2.53. The van der Waals surface area contributed by atoms with Crippen molar-refractivity contribution in [2.24, 2.45) is 11.8 Å². The average molecular weight is 286 g/mol. The molecule has 1 amide bonds. The maximum absolute atomic E-state index is 12.3. The predicted molar refractivity (Wildman–Crippen MR) is 85.3 cm³/mol. The molecule has 2 atom stereocenters. The molecule has 2 aliphatic rings. The van der Waals surface area contributed by atoms with Crippen molar-refractivity contribution in [3.63, 3.8) is 0 Å². The Kier molecular flexibility index (Phi) is 4.59. The lowest BCUT2D eigenvalue weighted by molar-refractivity contribution is 0.0936. The fraction of sp³-hybridized carbons (Fsp3) is 0.611. The van der Waals surface area contributed by atoms with Crippen LogP contribution in [0.5, 0.6) is 0 Å². The van der Waals surface area contributed by atoms with Crippen LogP contribution in [-0.2, 0) is 13.0 Å². The Hall–Kier alpha value is -1.35. The lowest BCUT2D eigenvalue weighted by Crippen LogP contribution is -2.33. The molecule has 3 nitrogen and oxygen atoms in total. The highest BCUT2D eigenvalue weighted by atomic mass is 16.1. The molecule has 0 aromatic heterocycles. The van der Waals surface area contributed by atoms with Crippen LogP contribution in [0.25, 0.3) is 0 Å². The normalized spacial score (nSPS) is 25.2. The summed E-state index contributed by atoms with van der Waals surface area (Å²) in [6.45, 7) is 5.07. The Morgan fingerprint density at radius 2 is 2.14 bits per heavy atom. The van der Waals surface area contributed by atoms with Crippen LogP contribution in [-0.4, -0.2) is 19.0 Å². The first-order valence-electron chi connectivity index (χ1n) is 8.35. The monoisotopic (exact) mass is 286 g/mol. The zero-order valence-electron chi connectivity index (χ0n) is 13.0. The summed E-state index contributed by atoms with van der Waals surface area (Å²) in [6.07, 6.45) is 6.30. The van der Waals surface area contributed by atoms with E-state index in [1.807, 2.05) is 6.07 Å². The Labute approximate surface area is 127 Å². The van der Waals surface area contributed by atoms with E-state index < -0.39 is 0 Å². The summed E-state index contributed by atoms with van der Waals surface area (Å²) in [7, 11) is 0. The maximum Gasteiger partial charge on any atom is 0.251 e. The molecular formula is C18H26N2O. The Bertz CT molecular complexity index is 512. The van der Waals surface area contributed by atoms with Crippen molar-refractivity contribution in [2.75, 3.05) is 13.1 Å².